The number of hydrogen-bond acceptors (Lipinski definition) is 4. The molecule has 2 heterocycles. The molecular weight excluding hydrogens is 294 g/mol. The van der Waals surface area contributed by atoms with E-state index in [0.717, 1.165) is 0 Å². The molecule has 0 unspecified atom stereocenters. The Balaban J connectivity index is 2.01. The van der Waals surface area contributed by atoms with Crippen molar-refractivity contribution in [2.24, 2.45) is 5.73 Å². The minimum absolute atomic E-state index is 0.0460. The number of benzene rings is 1. The zero-order chi connectivity index (χ0) is 16.0. The van der Waals surface area contributed by atoms with Crippen LogP contribution in [0.25, 0.3) is 10.9 Å². The Kier molecular flexibility index (Phi) is 3.31. The van der Waals surface area contributed by atoms with Crippen molar-refractivity contribution in [2.75, 3.05) is 13.1 Å². The SMILES string of the molecule is N#Cc1cc2cc(C(=O)N3C[C@@H](O)[C@@H](N)C3)[nH]c2c(F)c1F. The molecule has 0 bridgehead atoms. The first kappa shape index (κ1) is 14.4. The molecule has 1 aromatic carbocycles. The van der Waals surface area contributed by atoms with E-state index in [1.165, 1.54) is 17.0 Å². The van der Waals surface area contributed by atoms with Crippen molar-refractivity contribution in [1.82, 2.24) is 9.88 Å². The van der Waals surface area contributed by atoms with Gasteiger partial charge in [-0.3, -0.25) is 4.79 Å². The van der Waals surface area contributed by atoms with Crippen molar-refractivity contribution < 1.29 is 18.7 Å². The minimum atomic E-state index is -1.26. The standard InChI is InChI=1S/C14H12F2N4O2/c15-11-7(3-17)1-6-2-9(19-13(6)12(11)16)14(22)20-4-8(18)10(21)5-20/h1-2,8,10,19,21H,4-5,18H2/t8-,10+/m0/s1. The molecule has 1 aromatic heterocycles. The predicted octanol–water partition coefficient (Wildman–Crippen LogP) is 0.462. The van der Waals surface area contributed by atoms with Crippen LogP contribution in [0.4, 0.5) is 8.78 Å². The topological polar surface area (TPSA) is 106 Å². The molecule has 2 atom stereocenters. The smallest absolute Gasteiger partial charge is 0.270 e. The first-order chi connectivity index (χ1) is 10.4. The molecule has 1 saturated heterocycles. The van der Waals surface area contributed by atoms with Gasteiger partial charge in [-0.2, -0.15) is 5.26 Å². The molecule has 6 nitrogen and oxygen atoms in total. The van der Waals surface area contributed by atoms with Gasteiger partial charge in [0.1, 0.15) is 11.8 Å². The van der Waals surface area contributed by atoms with Crippen molar-refractivity contribution in [3.05, 3.63) is 35.0 Å². The lowest BCUT2D eigenvalue weighted by Crippen LogP contribution is -2.33. The first-order valence-corrected chi connectivity index (χ1v) is 6.56. The van der Waals surface area contributed by atoms with Gasteiger partial charge in [-0.25, -0.2) is 8.78 Å². The largest absolute Gasteiger partial charge is 0.390 e. The van der Waals surface area contributed by atoms with Gasteiger partial charge in [-0.1, -0.05) is 0 Å². The van der Waals surface area contributed by atoms with E-state index in [0.29, 0.717) is 0 Å². The zero-order valence-electron chi connectivity index (χ0n) is 11.3. The fourth-order valence-electron chi connectivity index (χ4n) is 2.56. The second-order valence-corrected chi connectivity index (χ2v) is 5.25. The number of halogens is 2. The van der Waals surface area contributed by atoms with Crippen LogP contribution in [-0.4, -0.2) is 46.1 Å². The lowest BCUT2D eigenvalue weighted by Gasteiger charge is -2.13. The number of nitrogens with zero attached hydrogens (tertiary/aromatic N) is 2. The number of aromatic nitrogens is 1. The summed E-state index contributed by atoms with van der Waals surface area (Å²) in [6, 6.07) is 3.54. The van der Waals surface area contributed by atoms with Gasteiger partial charge in [0.05, 0.1) is 17.2 Å². The number of nitrogens with two attached hydrogens (primary N) is 1. The summed E-state index contributed by atoms with van der Waals surface area (Å²) in [5.41, 5.74) is 5.08. The Bertz CT molecular complexity index is 801. The number of aliphatic hydroxyl groups is 1. The molecule has 0 spiro atoms. The maximum Gasteiger partial charge on any atom is 0.270 e. The number of carbonyl (C=O) groups excluding carboxylic acids is 1. The summed E-state index contributed by atoms with van der Waals surface area (Å²) in [5, 5.41) is 18.6. The molecule has 4 N–H and O–H groups in total. The maximum atomic E-state index is 13.9. The quantitative estimate of drug-likeness (QED) is 0.711. The lowest BCUT2D eigenvalue weighted by atomic mass is 10.1. The lowest BCUT2D eigenvalue weighted by molar-refractivity contribution is 0.0760. The summed E-state index contributed by atoms with van der Waals surface area (Å²) in [6.07, 6.45) is -0.812. The number of likely N-dealkylation sites (tertiary alicyclic amines) is 1. The van der Waals surface area contributed by atoms with Crippen molar-refractivity contribution in [1.29, 1.82) is 5.26 Å². The summed E-state index contributed by atoms with van der Waals surface area (Å²) in [5.74, 6) is -2.93. The molecule has 1 fully saturated rings. The first-order valence-electron chi connectivity index (χ1n) is 6.56. The van der Waals surface area contributed by atoms with E-state index in [4.69, 9.17) is 11.0 Å². The zero-order valence-corrected chi connectivity index (χ0v) is 11.3. The van der Waals surface area contributed by atoms with E-state index in [9.17, 15) is 18.7 Å². The van der Waals surface area contributed by atoms with E-state index >= 15 is 0 Å². The average Bonchev–Trinajstić information content (AvgIpc) is 3.06. The van der Waals surface area contributed by atoms with Crippen molar-refractivity contribution in [2.45, 2.75) is 12.1 Å². The third kappa shape index (κ3) is 2.11. The molecular formula is C14H12F2N4O2. The summed E-state index contributed by atoms with van der Waals surface area (Å²) < 4.78 is 27.5. The number of fused-ring (bicyclic) bond motifs is 1. The normalized spacial score (nSPS) is 21.3. The van der Waals surface area contributed by atoms with Crippen LogP contribution in [0, 0.1) is 23.0 Å². The summed E-state index contributed by atoms with van der Waals surface area (Å²) in [7, 11) is 0. The number of amides is 1. The number of β-amino-alcohol motifs (C(OH)–C–C–N with tert-alkyl or cyclic N) is 1. The Morgan fingerprint density at radius 1 is 1.41 bits per heavy atom. The number of carbonyl (C=O) groups is 1. The molecule has 2 aromatic rings. The van der Waals surface area contributed by atoms with Crippen LogP contribution in [0.2, 0.25) is 0 Å². The van der Waals surface area contributed by atoms with E-state index in [1.807, 2.05) is 0 Å². The van der Waals surface area contributed by atoms with Crippen molar-refractivity contribution in [3.8, 4) is 6.07 Å². The summed E-state index contributed by atoms with van der Waals surface area (Å²) in [4.78, 5) is 16.2. The molecule has 114 valence electrons. The minimum Gasteiger partial charge on any atom is -0.390 e. The second-order valence-electron chi connectivity index (χ2n) is 5.25. The van der Waals surface area contributed by atoms with Crippen LogP contribution in [0.15, 0.2) is 12.1 Å². The molecule has 22 heavy (non-hydrogen) atoms. The summed E-state index contributed by atoms with van der Waals surface area (Å²) in [6.45, 7) is 0.255. The maximum absolute atomic E-state index is 13.9. The van der Waals surface area contributed by atoms with E-state index < -0.39 is 35.3 Å². The Labute approximate surface area is 123 Å². The highest BCUT2D eigenvalue weighted by atomic mass is 19.2. The number of aliphatic hydroxyl groups excluding tert-OH is 1. The van der Waals surface area contributed by atoms with E-state index in [-0.39, 0.29) is 29.7 Å². The molecule has 0 aliphatic carbocycles. The molecule has 0 saturated carbocycles. The van der Waals surface area contributed by atoms with Crippen LogP contribution in [0.1, 0.15) is 16.1 Å². The Hall–Kier alpha value is -2.50. The molecule has 0 radical (unpaired) electrons. The Morgan fingerprint density at radius 3 is 2.73 bits per heavy atom. The van der Waals surface area contributed by atoms with Crippen LogP contribution < -0.4 is 5.73 Å². The van der Waals surface area contributed by atoms with Gasteiger partial charge in [0, 0.05) is 24.5 Å². The van der Waals surface area contributed by atoms with Gasteiger partial charge in [-0.15, -0.1) is 0 Å². The third-order valence-electron chi connectivity index (χ3n) is 3.77. The van der Waals surface area contributed by atoms with Gasteiger partial charge in [0.2, 0.25) is 0 Å². The number of nitriles is 1. The fraction of sp³-hybridized carbons (Fsp3) is 0.286. The number of nitrogens with one attached hydrogen (secondary N) is 1. The molecule has 1 amide bonds. The number of rotatable bonds is 1. The van der Waals surface area contributed by atoms with Crippen molar-refractivity contribution in [3.63, 3.8) is 0 Å². The molecule has 1 aliphatic rings. The highest BCUT2D eigenvalue weighted by Crippen LogP contribution is 2.25. The fourth-order valence-corrected chi connectivity index (χ4v) is 2.56. The Morgan fingerprint density at radius 2 is 2.14 bits per heavy atom. The summed E-state index contributed by atoms with van der Waals surface area (Å²) >= 11 is 0. The number of hydrogen-bond donors (Lipinski definition) is 3. The number of H-pyrrole nitrogens is 1. The molecule has 1 aliphatic heterocycles. The highest BCUT2D eigenvalue weighted by molar-refractivity contribution is 5.98. The van der Waals surface area contributed by atoms with Crippen LogP contribution in [-0.2, 0) is 0 Å². The molecule has 3 rings (SSSR count). The monoisotopic (exact) mass is 306 g/mol. The average molecular weight is 306 g/mol. The number of aromatic amines is 1. The van der Waals surface area contributed by atoms with Crippen LogP contribution in [0.5, 0.6) is 0 Å². The van der Waals surface area contributed by atoms with E-state index in [1.54, 1.807) is 6.07 Å². The molecule has 8 heteroatoms. The van der Waals surface area contributed by atoms with Gasteiger partial charge in [0.15, 0.2) is 11.6 Å². The van der Waals surface area contributed by atoms with Gasteiger partial charge < -0.3 is 20.7 Å². The van der Waals surface area contributed by atoms with E-state index in [2.05, 4.69) is 4.98 Å². The van der Waals surface area contributed by atoms with Crippen LogP contribution in [0.3, 0.4) is 0 Å². The van der Waals surface area contributed by atoms with Crippen molar-refractivity contribution >= 4 is 16.8 Å². The van der Waals surface area contributed by atoms with Gasteiger partial charge >= 0.3 is 0 Å². The van der Waals surface area contributed by atoms with Gasteiger partial charge in [0.25, 0.3) is 5.91 Å². The third-order valence-corrected chi connectivity index (χ3v) is 3.77. The van der Waals surface area contributed by atoms with Crippen LogP contribution >= 0.6 is 0 Å². The van der Waals surface area contributed by atoms with Gasteiger partial charge in [-0.05, 0) is 12.1 Å². The second kappa shape index (κ2) is 5.05. The predicted molar refractivity (Wildman–Crippen MR) is 72.8 cm³/mol. The highest BCUT2D eigenvalue weighted by Gasteiger charge is 2.32.